The third-order valence-corrected chi connectivity index (χ3v) is 4.86. The minimum absolute atomic E-state index is 0. The first-order valence-corrected chi connectivity index (χ1v) is 9.30. The second-order valence-electron chi connectivity index (χ2n) is 6.08. The molecule has 1 saturated heterocycles. The third-order valence-electron chi connectivity index (χ3n) is 4.29. The van der Waals surface area contributed by atoms with Gasteiger partial charge in [0.15, 0.2) is 5.78 Å². The van der Waals surface area contributed by atoms with Crippen molar-refractivity contribution in [1.29, 1.82) is 0 Å². The fourth-order valence-electron chi connectivity index (χ4n) is 2.82. The summed E-state index contributed by atoms with van der Waals surface area (Å²) in [5, 5.41) is 1.09. The monoisotopic (exact) mass is 419 g/mol. The molecule has 0 N–H and O–H groups in total. The Labute approximate surface area is 170 Å². The van der Waals surface area contributed by atoms with Crippen LogP contribution in [-0.2, 0) is 14.3 Å². The average Bonchev–Trinajstić information content (AvgIpc) is 2.60. The van der Waals surface area contributed by atoms with E-state index in [1.807, 2.05) is 6.92 Å². The summed E-state index contributed by atoms with van der Waals surface area (Å²) in [6.45, 7) is 4.60. The van der Waals surface area contributed by atoms with E-state index in [4.69, 9.17) is 27.9 Å². The zero-order valence-corrected chi connectivity index (χ0v) is 17.1. The Morgan fingerprint density at radius 3 is 2.58 bits per heavy atom. The maximum Gasteiger partial charge on any atom is 0.309 e. The molecule has 1 aromatic carbocycles. The Morgan fingerprint density at radius 2 is 1.96 bits per heavy atom. The number of carbonyl (C=O) groups is 2. The molecule has 0 spiro atoms. The number of rotatable bonds is 7. The number of halogens is 3. The van der Waals surface area contributed by atoms with Crippen molar-refractivity contribution in [2.24, 2.45) is 5.92 Å². The number of likely N-dealkylation sites (tertiary alicyclic amines) is 1. The molecule has 0 unspecified atom stereocenters. The first kappa shape index (κ1) is 23.0. The Balaban J connectivity index is 0.00000338. The van der Waals surface area contributed by atoms with Gasteiger partial charge in [0.05, 0.1) is 12.5 Å². The predicted octanol–water partition coefficient (Wildman–Crippen LogP) is 4.66. The normalized spacial score (nSPS) is 15.7. The highest BCUT2D eigenvalue weighted by Gasteiger charge is 2.25. The highest BCUT2D eigenvalue weighted by Crippen LogP contribution is 2.22. The lowest BCUT2D eigenvalue weighted by molar-refractivity contribution is -0.149. The number of carbonyl (C=O) groups excluding carboxylic acids is 2. The van der Waals surface area contributed by atoms with Crippen molar-refractivity contribution in [1.82, 2.24) is 4.90 Å². The maximum atomic E-state index is 12.0. The molecular formula is C19H24Cl3NO3. The van der Waals surface area contributed by atoms with Crippen LogP contribution in [0.4, 0.5) is 0 Å². The standard InChI is InChI=1S/C19H23Cl2NO3.ClH/c1-2-25-19(24)15-7-10-22(11-8-15)12-9-17(23)6-4-14-3-5-16(20)13-18(14)21;/h3-6,13,15H,2,7-12H2,1H3;1H/b6-4+;. The summed E-state index contributed by atoms with van der Waals surface area (Å²) in [7, 11) is 0. The Kier molecular flexibility index (Phi) is 10.3. The number of hydrogen-bond donors (Lipinski definition) is 0. The molecule has 2 rings (SSSR count). The van der Waals surface area contributed by atoms with Gasteiger partial charge >= 0.3 is 5.97 Å². The summed E-state index contributed by atoms with van der Waals surface area (Å²) in [5.41, 5.74) is 0.773. The molecule has 1 heterocycles. The van der Waals surface area contributed by atoms with Crippen LogP contribution in [0.2, 0.25) is 10.0 Å². The lowest BCUT2D eigenvalue weighted by Crippen LogP contribution is -2.37. The van der Waals surface area contributed by atoms with Crippen LogP contribution in [0.25, 0.3) is 6.08 Å². The molecule has 1 aromatic rings. The van der Waals surface area contributed by atoms with Crippen molar-refractivity contribution in [3.63, 3.8) is 0 Å². The SMILES string of the molecule is CCOC(=O)C1CCN(CCC(=O)/C=C/c2ccc(Cl)cc2Cl)CC1.Cl. The molecule has 1 fully saturated rings. The number of ketones is 1. The molecule has 144 valence electrons. The van der Waals surface area contributed by atoms with E-state index in [9.17, 15) is 9.59 Å². The summed E-state index contributed by atoms with van der Waals surface area (Å²) in [5.74, 6) is -0.0432. The fraction of sp³-hybridized carbons (Fsp3) is 0.474. The van der Waals surface area contributed by atoms with Crippen LogP contribution in [0, 0.1) is 5.92 Å². The number of nitrogens with zero attached hydrogens (tertiary/aromatic N) is 1. The Morgan fingerprint density at radius 1 is 1.27 bits per heavy atom. The molecule has 0 aromatic heterocycles. The van der Waals surface area contributed by atoms with Gasteiger partial charge in [0, 0.05) is 23.0 Å². The molecule has 1 aliphatic heterocycles. The average molecular weight is 421 g/mol. The summed E-state index contributed by atoms with van der Waals surface area (Å²) in [4.78, 5) is 26.0. The van der Waals surface area contributed by atoms with Gasteiger partial charge in [-0.15, -0.1) is 12.4 Å². The van der Waals surface area contributed by atoms with Crippen LogP contribution in [0.1, 0.15) is 31.7 Å². The van der Waals surface area contributed by atoms with Crippen molar-refractivity contribution in [3.05, 3.63) is 39.9 Å². The van der Waals surface area contributed by atoms with Crippen molar-refractivity contribution in [3.8, 4) is 0 Å². The van der Waals surface area contributed by atoms with Gasteiger partial charge in [-0.3, -0.25) is 9.59 Å². The quantitative estimate of drug-likeness (QED) is 0.475. The van der Waals surface area contributed by atoms with Gasteiger partial charge in [-0.25, -0.2) is 0 Å². The van der Waals surface area contributed by atoms with E-state index in [1.165, 1.54) is 0 Å². The van der Waals surface area contributed by atoms with Gasteiger partial charge in [0.1, 0.15) is 0 Å². The van der Waals surface area contributed by atoms with Crippen molar-refractivity contribution in [2.75, 3.05) is 26.2 Å². The van der Waals surface area contributed by atoms with Crippen LogP contribution in [-0.4, -0.2) is 42.9 Å². The molecule has 7 heteroatoms. The van der Waals surface area contributed by atoms with Gasteiger partial charge in [0.25, 0.3) is 0 Å². The number of ether oxygens (including phenoxy) is 1. The highest BCUT2D eigenvalue weighted by atomic mass is 35.5. The molecule has 0 bridgehead atoms. The second-order valence-corrected chi connectivity index (χ2v) is 6.93. The van der Waals surface area contributed by atoms with E-state index < -0.39 is 0 Å². The van der Waals surface area contributed by atoms with Crippen LogP contribution >= 0.6 is 35.6 Å². The van der Waals surface area contributed by atoms with Crippen LogP contribution in [0.15, 0.2) is 24.3 Å². The topological polar surface area (TPSA) is 46.6 Å². The highest BCUT2D eigenvalue weighted by molar-refractivity contribution is 6.35. The summed E-state index contributed by atoms with van der Waals surface area (Å²) in [6, 6.07) is 5.18. The first-order valence-electron chi connectivity index (χ1n) is 8.54. The van der Waals surface area contributed by atoms with E-state index >= 15 is 0 Å². The molecule has 26 heavy (non-hydrogen) atoms. The van der Waals surface area contributed by atoms with E-state index in [0.29, 0.717) is 29.6 Å². The van der Waals surface area contributed by atoms with E-state index in [0.717, 1.165) is 31.5 Å². The molecule has 0 saturated carbocycles. The van der Waals surface area contributed by atoms with E-state index in [1.54, 1.807) is 30.4 Å². The Bertz CT molecular complexity index is 641. The summed E-state index contributed by atoms with van der Waals surface area (Å²) in [6.07, 6.45) is 5.31. The van der Waals surface area contributed by atoms with Gasteiger partial charge in [-0.05, 0) is 62.7 Å². The number of piperidine rings is 1. The lowest BCUT2D eigenvalue weighted by atomic mass is 9.97. The zero-order chi connectivity index (χ0) is 18.2. The minimum atomic E-state index is -0.0963. The molecule has 4 nitrogen and oxygen atoms in total. The largest absolute Gasteiger partial charge is 0.466 e. The number of allylic oxidation sites excluding steroid dienone is 1. The third kappa shape index (κ3) is 7.28. The zero-order valence-electron chi connectivity index (χ0n) is 14.7. The fourth-order valence-corrected chi connectivity index (χ4v) is 3.29. The van der Waals surface area contributed by atoms with Crippen LogP contribution in [0.5, 0.6) is 0 Å². The minimum Gasteiger partial charge on any atom is -0.466 e. The maximum absolute atomic E-state index is 12.0. The molecular weight excluding hydrogens is 397 g/mol. The molecule has 0 amide bonds. The molecule has 0 radical (unpaired) electrons. The van der Waals surface area contributed by atoms with Crippen molar-refractivity contribution >= 4 is 53.4 Å². The summed E-state index contributed by atoms with van der Waals surface area (Å²) < 4.78 is 5.07. The molecule has 0 atom stereocenters. The van der Waals surface area contributed by atoms with E-state index in [-0.39, 0.29) is 30.1 Å². The van der Waals surface area contributed by atoms with Crippen molar-refractivity contribution in [2.45, 2.75) is 26.2 Å². The Hall–Kier alpha value is -1.07. The van der Waals surface area contributed by atoms with Gasteiger partial charge in [-0.2, -0.15) is 0 Å². The molecule has 0 aliphatic carbocycles. The van der Waals surface area contributed by atoms with Gasteiger partial charge < -0.3 is 9.64 Å². The molecule has 1 aliphatic rings. The van der Waals surface area contributed by atoms with Crippen molar-refractivity contribution < 1.29 is 14.3 Å². The van der Waals surface area contributed by atoms with Crippen LogP contribution in [0.3, 0.4) is 0 Å². The smallest absolute Gasteiger partial charge is 0.309 e. The van der Waals surface area contributed by atoms with Gasteiger partial charge in [0.2, 0.25) is 0 Å². The lowest BCUT2D eigenvalue weighted by Gasteiger charge is -2.30. The second kappa shape index (κ2) is 11.6. The number of benzene rings is 1. The van der Waals surface area contributed by atoms with E-state index in [2.05, 4.69) is 4.90 Å². The van der Waals surface area contributed by atoms with Crippen LogP contribution < -0.4 is 0 Å². The predicted molar refractivity (Wildman–Crippen MR) is 108 cm³/mol. The summed E-state index contributed by atoms with van der Waals surface area (Å²) >= 11 is 11.9. The first-order chi connectivity index (χ1) is 12.0. The van der Waals surface area contributed by atoms with Gasteiger partial charge in [-0.1, -0.05) is 29.3 Å². The number of esters is 1. The number of hydrogen-bond acceptors (Lipinski definition) is 4.